The van der Waals surface area contributed by atoms with Crippen LogP contribution in [0.15, 0.2) is 53.3 Å². The lowest BCUT2D eigenvalue weighted by molar-refractivity contribution is -0.114. The second-order valence-electron chi connectivity index (χ2n) is 6.98. The first-order chi connectivity index (χ1) is 14.8. The summed E-state index contributed by atoms with van der Waals surface area (Å²) < 4.78 is 16.5. The number of amides is 2. The van der Waals surface area contributed by atoms with Crippen LogP contribution in [0.4, 0.5) is 15.8 Å². The van der Waals surface area contributed by atoms with E-state index in [0.29, 0.717) is 17.1 Å². The first-order valence-corrected chi connectivity index (χ1v) is 10.7. The van der Waals surface area contributed by atoms with Crippen LogP contribution in [-0.2, 0) is 16.6 Å². The van der Waals surface area contributed by atoms with Crippen LogP contribution >= 0.6 is 11.8 Å². The van der Waals surface area contributed by atoms with Crippen LogP contribution in [0.3, 0.4) is 0 Å². The van der Waals surface area contributed by atoms with E-state index in [1.54, 1.807) is 43.8 Å². The van der Waals surface area contributed by atoms with Gasteiger partial charge in [0.15, 0.2) is 0 Å². The largest absolute Gasteiger partial charge is 0.325 e. The number of nitrogens with one attached hydrogen (secondary N) is 2. The van der Waals surface area contributed by atoms with Crippen LogP contribution in [-0.4, -0.2) is 32.7 Å². The van der Waals surface area contributed by atoms with Gasteiger partial charge >= 0.3 is 0 Å². The summed E-state index contributed by atoms with van der Waals surface area (Å²) in [5, 5.41) is 5.29. The van der Waals surface area contributed by atoms with E-state index in [2.05, 4.69) is 10.6 Å². The molecule has 0 unspecified atom stereocenters. The molecule has 0 aliphatic carbocycles. The van der Waals surface area contributed by atoms with Crippen LogP contribution in [0.2, 0.25) is 0 Å². The molecule has 0 fully saturated rings. The van der Waals surface area contributed by atoms with Crippen LogP contribution < -0.4 is 16.2 Å². The third kappa shape index (κ3) is 5.24. The summed E-state index contributed by atoms with van der Waals surface area (Å²) in [6.45, 7) is 3.51. The van der Waals surface area contributed by atoms with Crippen LogP contribution in [0.5, 0.6) is 0 Å². The average Bonchev–Trinajstić information content (AvgIpc) is 2.94. The minimum atomic E-state index is -0.438. The summed E-state index contributed by atoms with van der Waals surface area (Å²) in [4.78, 5) is 37.2. The Balaban J connectivity index is 1.58. The van der Waals surface area contributed by atoms with Gasteiger partial charge in [0, 0.05) is 12.7 Å². The maximum atomic E-state index is 13.3. The molecule has 2 amide bonds. The molecule has 0 spiro atoms. The number of aromatic nitrogens is 2. The summed E-state index contributed by atoms with van der Waals surface area (Å²) in [6, 6.07) is 13.3. The lowest BCUT2D eigenvalue weighted by atomic mass is 10.2. The van der Waals surface area contributed by atoms with Crippen molar-refractivity contribution in [2.45, 2.75) is 13.8 Å². The van der Waals surface area contributed by atoms with Gasteiger partial charge in [-0.15, -0.1) is 11.8 Å². The van der Waals surface area contributed by atoms with E-state index in [1.165, 1.54) is 16.8 Å². The van der Waals surface area contributed by atoms with Gasteiger partial charge in [-0.25, -0.2) is 9.07 Å². The number of benzene rings is 2. The molecular weight excluding hydrogens is 419 g/mol. The molecule has 0 saturated carbocycles. The van der Waals surface area contributed by atoms with Gasteiger partial charge in [-0.1, -0.05) is 24.3 Å². The average molecular weight is 443 g/mol. The number of hydrogen-bond acceptors (Lipinski definition) is 4. The van der Waals surface area contributed by atoms with Crippen molar-refractivity contribution in [2.75, 3.05) is 22.1 Å². The quantitative estimate of drug-likeness (QED) is 0.588. The van der Waals surface area contributed by atoms with E-state index in [0.717, 1.165) is 17.3 Å². The van der Waals surface area contributed by atoms with E-state index in [9.17, 15) is 18.8 Å². The molecule has 0 atom stereocenters. The van der Waals surface area contributed by atoms with Gasteiger partial charge in [0.2, 0.25) is 11.8 Å². The highest BCUT2D eigenvalue weighted by molar-refractivity contribution is 8.00. The monoisotopic (exact) mass is 442 g/mol. The SMILES string of the molecule is Cc1ccc(F)cc1NC(=O)CSCC(=O)Nc1c(C)n(C)n(-c2ccccc2)c1=O. The number of nitrogens with zero attached hydrogens (tertiary/aromatic N) is 2. The van der Waals surface area contributed by atoms with Crippen molar-refractivity contribution in [3.63, 3.8) is 0 Å². The summed E-state index contributed by atoms with van der Waals surface area (Å²) >= 11 is 1.10. The Kier molecular flexibility index (Phi) is 6.96. The van der Waals surface area contributed by atoms with Crippen LogP contribution in [0.1, 0.15) is 11.3 Å². The molecule has 0 saturated heterocycles. The number of aryl methyl sites for hydroxylation is 1. The van der Waals surface area contributed by atoms with E-state index < -0.39 is 5.82 Å². The second-order valence-corrected chi connectivity index (χ2v) is 7.97. The standard InChI is InChI=1S/C22H23FN4O3S/c1-14-9-10-16(23)11-18(14)24-19(28)12-31-13-20(29)25-21-15(2)26(3)27(22(21)30)17-7-5-4-6-8-17/h4-11H,12-13H2,1-3H3,(H,24,28)(H,25,29). The summed E-state index contributed by atoms with van der Waals surface area (Å²) in [5.74, 6) is -1.15. The summed E-state index contributed by atoms with van der Waals surface area (Å²) in [5.41, 5.74) is 2.33. The maximum absolute atomic E-state index is 13.3. The molecule has 0 aliphatic rings. The first kappa shape index (κ1) is 22.4. The predicted octanol–water partition coefficient (Wildman–Crippen LogP) is 3.24. The number of halogens is 1. The Hall–Kier alpha value is -3.33. The Morgan fingerprint density at radius 2 is 1.65 bits per heavy atom. The molecule has 0 aliphatic heterocycles. The lowest BCUT2D eigenvalue weighted by Crippen LogP contribution is -2.24. The van der Waals surface area contributed by atoms with E-state index in [4.69, 9.17) is 0 Å². The maximum Gasteiger partial charge on any atom is 0.295 e. The Morgan fingerprint density at radius 3 is 2.32 bits per heavy atom. The number of carbonyl (C=O) groups excluding carboxylic acids is 2. The van der Waals surface area contributed by atoms with Crippen molar-refractivity contribution >= 4 is 35.0 Å². The third-order valence-electron chi connectivity index (χ3n) is 4.76. The molecule has 2 N–H and O–H groups in total. The highest BCUT2D eigenvalue weighted by atomic mass is 32.2. The number of thioether (sulfide) groups is 1. The van der Waals surface area contributed by atoms with Gasteiger partial charge in [-0.05, 0) is 43.7 Å². The second kappa shape index (κ2) is 9.65. The normalized spacial score (nSPS) is 10.7. The Labute approximate surface area is 183 Å². The van der Waals surface area contributed by atoms with Crippen molar-refractivity contribution in [1.29, 1.82) is 0 Å². The summed E-state index contributed by atoms with van der Waals surface area (Å²) in [7, 11) is 1.74. The molecule has 1 heterocycles. The number of carbonyl (C=O) groups is 2. The first-order valence-electron chi connectivity index (χ1n) is 9.55. The van der Waals surface area contributed by atoms with Crippen molar-refractivity contribution in [3.05, 3.63) is 76.0 Å². The smallest absolute Gasteiger partial charge is 0.295 e. The number of rotatable bonds is 7. The zero-order valence-electron chi connectivity index (χ0n) is 17.4. The van der Waals surface area contributed by atoms with Gasteiger partial charge in [0.05, 0.1) is 22.9 Å². The van der Waals surface area contributed by atoms with Gasteiger partial charge in [-0.2, -0.15) is 0 Å². The highest BCUT2D eigenvalue weighted by Crippen LogP contribution is 2.17. The molecule has 0 bridgehead atoms. The lowest BCUT2D eigenvalue weighted by Gasteiger charge is -2.08. The molecule has 0 radical (unpaired) electrons. The topological polar surface area (TPSA) is 85.1 Å². The van der Waals surface area contributed by atoms with Crippen molar-refractivity contribution < 1.29 is 14.0 Å². The fraction of sp³-hybridized carbons (Fsp3) is 0.227. The molecule has 3 rings (SSSR count). The molecule has 3 aromatic rings. The molecular formula is C22H23FN4O3S. The molecule has 9 heteroatoms. The Bertz CT molecular complexity index is 1170. The number of anilines is 2. The summed E-state index contributed by atoms with van der Waals surface area (Å²) in [6.07, 6.45) is 0. The zero-order chi connectivity index (χ0) is 22.5. The minimum absolute atomic E-state index is 0.00529. The molecule has 31 heavy (non-hydrogen) atoms. The van der Waals surface area contributed by atoms with E-state index >= 15 is 0 Å². The van der Waals surface area contributed by atoms with Gasteiger partial charge in [0.25, 0.3) is 5.56 Å². The van der Waals surface area contributed by atoms with Gasteiger partial charge in [0.1, 0.15) is 11.5 Å². The van der Waals surface area contributed by atoms with E-state index in [-0.39, 0.29) is 34.6 Å². The van der Waals surface area contributed by atoms with Crippen molar-refractivity contribution in [3.8, 4) is 5.69 Å². The Morgan fingerprint density at radius 1 is 1.00 bits per heavy atom. The molecule has 162 valence electrons. The highest BCUT2D eigenvalue weighted by Gasteiger charge is 2.18. The predicted molar refractivity (Wildman–Crippen MR) is 121 cm³/mol. The fourth-order valence-corrected chi connectivity index (χ4v) is 3.66. The number of hydrogen-bond donors (Lipinski definition) is 2. The van der Waals surface area contributed by atoms with Crippen molar-refractivity contribution in [1.82, 2.24) is 9.36 Å². The van der Waals surface area contributed by atoms with Crippen LogP contribution in [0, 0.1) is 19.7 Å². The number of para-hydroxylation sites is 1. The van der Waals surface area contributed by atoms with Crippen LogP contribution in [0.25, 0.3) is 5.69 Å². The fourth-order valence-electron chi connectivity index (χ4n) is 3.04. The molecule has 2 aromatic carbocycles. The molecule has 7 nitrogen and oxygen atoms in total. The third-order valence-corrected chi connectivity index (χ3v) is 5.69. The van der Waals surface area contributed by atoms with Gasteiger partial charge in [-0.3, -0.25) is 19.1 Å². The minimum Gasteiger partial charge on any atom is -0.325 e. The van der Waals surface area contributed by atoms with Crippen molar-refractivity contribution in [2.24, 2.45) is 7.05 Å². The van der Waals surface area contributed by atoms with Gasteiger partial charge < -0.3 is 10.6 Å². The molecule has 1 aromatic heterocycles. The zero-order valence-corrected chi connectivity index (χ0v) is 18.3. The van der Waals surface area contributed by atoms with E-state index in [1.807, 2.05) is 18.2 Å².